The van der Waals surface area contributed by atoms with Gasteiger partial charge in [-0.25, -0.2) is 0 Å². The van der Waals surface area contributed by atoms with Crippen molar-refractivity contribution in [3.63, 3.8) is 0 Å². The zero-order valence-corrected chi connectivity index (χ0v) is 4.81. The molecule has 0 aromatic rings. The summed E-state index contributed by atoms with van der Waals surface area (Å²) in [6.45, 7) is 0. The van der Waals surface area contributed by atoms with E-state index in [-0.39, 0.29) is 6.32 Å². The molecule has 0 aromatic heterocycles. The standard InChI is InChI=1S/C3H8B2O4/c6-4(7)2-1-3-5(8)9/h1-2,6-9H,3H2. The van der Waals surface area contributed by atoms with Gasteiger partial charge in [0.2, 0.25) is 0 Å². The highest BCUT2D eigenvalue weighted by Gasteiger charge is 2.03. The molecule has 0 saturated heterocycles. The minimum atomic E-state index is -1.51. The Labute approximate surface area is 53.7 Å². The molecule has 0 heterocycles. The summed E-state index contributed by atoms with van der Waals surface area (Å²) in [4.78, 5) is 0. The zero-order chi connectivity index (χ0) is 7.28. The Morgan fingerprint density at radius 3 is 2.00 bits per heavy atom. The Balaban J connectivity index is 3.25. The van der Waals surface area contributed by atoms with E-state index in [1.54, 1.807) is 0 Å². The normalized spacial score (nSPS) is 10.2. The smallest absolute Gasteiger partial charge is 0.427 e. The van der Waals surface area contributed by atoms with E-state index in [9.17, 15) is 0 Å². The molecule has 0 rings (SSSR count). The van der Waals surface area contributed by atoms with Gasteiger partial charge >= 0.3 is 14.2 Å². The lowest BCUT2D eigenvalue weighted by atomic mass is 9.82. The predicted octanol–water partition coefficient (Wildman–Crippen LogP) is -1.97. The lowest BCUT2D eigenvalue weighted by Crippen LogP contribution is -2.10. The van der Waals surface area contributed by atoms with Gasteiger partial charge < -0.3 is 20.1 Å². The van der Waals surface area contributed by atoms with Crippen LogP contribution in [0.3, 0.4) is 0 Å². The fourth-order valence-corrected chi connectivity index (χ4v) is 0.322. The molecule has 0 aliphatic carbocycles. The predicted molar refractivity (Wildman–Crippen MR) is 34.3 cm³/mol. The van der Waals surface area contributed by atoms with Crippen molar-refractivity contribution >= 4 is 14.2 Å². The SMILES string of the molecule is OB(O)C=CCB(O)O. The van der Waals surface area contributed by atoms with E-state index in [0.29, 0.717) is 0 Å². The highest BCUT2D eigenvalue weighted by atomic mass is 16.4. The Kier molecular flexibility index (Phi) is 4.43. The van der Waals surface area contributed by atoms with Gasteiger partial charge in [0.05, 0.1) is 0 Å². The summed E-state index contributed by atoms with van der Waals surface area (Å²) in [5.74, 6) is 1.06. The van der Waals surface area contributed by atoms with Crippen molar-refractivity contribution in [3.8, 4) is 0 Å². The van der Waals surface area contributed by atoms with Crippen LogP contribution < -0.4 is 0 Å². The molecule has 0 radical (unpaired) electrons. The van der Waals surface area contributed by atoms with Crippen molar-refractivity contribution < 1.29 is 20.1 Å². The van der Waals surface area contributed by atoms with Crippen molar-refractivity contribution in [2.24, 2.45) is 0 Å². The summed E-state index contributed by atoms with van der Waals surface area (Å²) >= 11 is 0. The molecule has 50 valence electrons. The molecule has 0 fully saturated rings. The molecule has 9 heavy (non-hydrogen) atoms. The molecule has 0 atom stereocenters. The van der Waals surface area contributed by atoms with E-state index >= 15 is 0 Å². The maximum atomic E-state index is 8.21. The number of rotatable bonds is 3. The van der Waals surface area contributed by atoms with Crippen molar-refractivity contribution in [2.45, 2.75) is 6.32 Å². The third-order valence-corrected chi connectivity index (χ3v) is 0.655. The van der Waals surface area contributed by atoms with E-state index in [1.807, 2.05) is 0 Å². The summed E-state index contributed by atoms with van der Waals surface area (Å²) in [5.41, 5.74) is 0. The Bertz CT molecular complexity index is 91.8. The van der Waals surface area contributed by atoms with Gasteiger partial charge in [-0.3, -0.25) is 0 Å². The van der Waals surface area contributed by atoms with Crippen molar-refractivity contribution in [1.29, 1.82) is 0 Å². The second-order valence-electron chi connectivity index (χ2n) is 1.56. The van der Waals surface area contributed by atoms with Gasteiger partial charge in [-0.1, -0.05) is 12.1 Å². The Hall–Kier alpha value is -0.290. The average molecular weight is 130 g/mol. The molecule has 0 bridgehead atoms. The number of hydrogen-bond donors (Lipinski definition) is 4. The first-order valence-corrected chi connectivity index (χ1v) is 2.52. The fraction of sp³-hybridized carbons (Fsp3) is 0.333. The molecule has 0 unspecified atom stereocenters. The summed E-state index contributed by atoms with van der Waals surface area (Å²) < 4.78 is 0. The first-order valence-electron chi connectivity index (χ1n) is 2.52. The summed E-state index contributed by atoms with van der Waals surface area (Å²) in [6, 6.07) is 0. The quantitative estimate of drug-likeness (QED) is 0.334. The van der Waals surface area contributed by atoms with Gasteiger partial charge in [0, 0.05) is 0 Å². The van der Waals surface area contributed by atoms with Gasteiger partial charge in [-0.05, 0) is 6.32 Å². The van der Waals surface area contributed by atoms with Crippen LogP contribution in [0.4, 0.5) is 0 Å². The van der Waals surface area contributed by atoms with Crippen LogP contribution in [-0.2, 0) is 0 Å². The second-order valence-corrected chi connectivity index (χ2v) is 1.56. The highest BCUT2D eigenvalue weighted by Crippen LogP contribution is 1.86. The Morgan fingerprint density at radius 1 is 1.11 bits per heavy atom. The first-order chi connectivity index (χ1) is 4.13. The van der Waals surface area contributed by atoms with Gasteiger partial charge in [0.1, 0.15) is 0 Å². The summed E-state index contributed by atoms with van der Waals surface area (Å²) in [6.07, 6.45) is 1.28. The van der Waals surface area contributed by atoms with Crippen LogP contribution in [0.2, 0.25) is 6.32 Å². The van der Waals surface area contributed by atoms with Crippen LogP contribution in [-0.4, -0.2) is 34.3 Å². The van der Waals surface area contributed by atoms with E-state index in [2.05, 4.69) is 0 Å². The van der Waals surface area contributed by atoms with Gasteiger partial charge in [-0.2, -0.15) is 0 Å². The van der Waals surface area contributed by atoms with Crippen LogP contribution in [0.5, 0.6) is 0 Å². The molecule has 6 heteroatoms. The largest absolute Gasteiger partial charge is 0.480 e. The number of allylic oxidation sites excluding steroid dienone is 1. The third kappa shape index (κ3) is 7.71. The van der Waals surface area contributed by atoms with E-state index in [0.717, 1.165) is 5.98 Å². The Morgan fingerprint density at radius 2 is 1.67 bits per heavy atom. The molecule has 0 aromatic carbocycles. The molecule has 0 aliphatic heterocycles. The first kappa shape index (κ1) is 8.71. The topological polar surface area (TPSA) is 80.9 Å². The van der Waals surface area contributed by atoms with E-state index < -0.39 is 14.2 Å². The van der Waals surface area contributed by atoms with Crippen LogP contribution in [0.25, 0.3) is 0 Å². The number of hydrogen-bond acceptors (Lipinski definition) is 4. The molecular formula is C3H8B2O4. The van der Waals surface area contributed by atoms with Gasteiger partial charge in [-0.15, -0.1) is 0 Å². The van der Waals surface area contributed by atoms with Gasteiger partial charge in [0.15, 0.2) is 0 Å². The minimum Gasteiger partial charge on any atom is -0.427 e. The maximum Gasteiger partial charge on any atom is 0.480 e. The van der Waals surface area contributed by atoms with Crippen LogP contribution in [0.1, 0.15) is 0 Å². The van der Waals surface area contributed by atoms with Crippen LogP contribution in [0.15, 0.2) is 12.1 Å². The third-order valence-electron chi connectivity index (χ3n) is 0.655. The van der Waals surface area contributed by atoms with Crippen LogP contribution >= 0.6 is 0 Å². The van der Waals surface area contributed by atoms with Crippen LogP contribution in [0, 0.1) is 0 Å². The van der Waals surface area contributed by atoms with Gasteiger partial charge in [0.25, 0.3) is 0 Å². The molecular weight excluding hydrogens is 122 g/mol. The average Bonchev–Trinajstić information content (AvgIpc) is 1.63. The lowest BCUT2D eigenvalue weighted by Gasteiger charge is -1.88. The molecule has 4 nitrogen and oxygen atoms in total. The van der Waals surface area contributed by atoms with Crippen molar-refractivity contribution in [1.82, 2.24) is 0 Å². The zero-order valence-electron chi connectivity index (χ0n) is 4.81. The molecule has 0 aliphatic rings. The second kappa shape index (κ2) is 4.58. The summed E-state index contributed by atoms with van der Waals surface area (Å²) in [5, 5.41) is 32.8. The fourth-order valence-electron chi connectivity index (χ4n) is 0.322. The maximum absolute atomic E-state index is 8.21. The van der Waals surface area contributed by atoms with Crippen molar-refractivity contribution in [3.05, 3.63) is 12.1 Å². The monoisotopic (exact) mass is 130 g/mol. The molecule has 4 N–H and O–H groups in total. The molecule has 0 amide bonds. The highest BCUT2D eigenvalue weighted by molar-refractivity contribution is 6.48. The van der Waals surface area contributed by atoms with E-state index in [1.165, 1.54) is 6.08 Å². The summed E-state index contributed by atoms with van der Waals surface area (Å²) in [7, 11) is -2.93. The molecule has 0 saturated carbocycles. The lowest BCUT2D eigenvalue weighted by molar-refractivity contribution is 0.411. The minimum absolute atomic E-state index is 0.0115. The van der Waals surface area contributed by atoms with Crippen molar-refractivity contribution in [2.75, 3.05) is 0 Å². The van der Waals surface area contributed by atoms with E-state index in [4.69, 9.17) is 20.1 Å². The molecule has 0 spiro atoms.